The molecule has 0 radical (unpaired) electrons. The molecule has 0 atom stereocenters. The van der Waals surface area contributed by atoms with Crippen molar-refractivity contribution in [1.29, 1.82) is 0 Å². The number of quaternary nitrogens is 2. The SMILES string of the molecule is CCC[N+]1(C[N+]2(CCC)CCOCC2)CCOCC1. The number of morpholine rings is 2. The third kappa shape index (κ3) is 3.91. The molecule has 19 heavy (non-hydrogen) atoms. The van der Waals surface area contributed by atoms with E-state index in [-0.39, 0.29) is 0 Å². The zero-order valence-electron chi connectivity index (χ0n) is 12.9. The minimum absolute atomic E-state index is 0.947. The first-order valence-corrected chi connectivity index (χ1v) is 8.10. The summed E-state index contributed by atoms with van der Waals surface area (Å²) in [6, 6.07) is 0. The molecule has 2 saturated heterocycles. The van der Waals surface area contributed by atoms with Crippen molar-refractivity contribution >= 4 is 0 Å². The first-order chi connectivity index (χ1) is 9.24. The molecule has 0 saturated carbocycles. The minimum atomic E-state index is 0.947. The van der Waals surface area contributed by atoms with E-state index >= 15 is 0 Å². The van der Waals surface area contributed by atoms with E-state index in [1.165, 1.54) is 67.7 Å². The molecule has 4 nitrogen and oxygen atoms in total. The predicted molar refractivity (Wildman–Crippen MR) is 76.8 cm³/mol. The number of hydrogen-bond donors (Lipinski definition) is 0. The molecule has 0 aromatic rings. The van der Waals surface area contributed by atoms with Crippen LogP contribution in [0.5, 0.6) is 0 Å². The Labute approximate surface area is 118 Å². The van der Waals surface area contributed by atoms with Crippen molar-refractivity contribution in [2.24, 2.45) is 0 Å². The average molecular weight is 272 g/mol. The van der Waals surface area contributed by atoms with Gasteiger partial charge in [-0.25, -0.2) is 0 Å². The molecule has 0 aromatic carbocycles. The van der Waals surface area contributed by atoms with E-state index in [9.17, 15) is 0 Å². The lowest BCUT2D eigenvalue weighted by molar-refractivity contribution is -1.11. The summed E-state index contributed by atoms with van der Waals surface area (Å²) in [5, 5.41) is 0. The molecule has 0 unspecified atom stereocenters. The summed E-state index contributed by atoms with van der Waals surface area (Å²) in [6.07, 6.45) is 2.56. The maximum atomic E-state index is 5.61. The molecular formula is C15H32N2O2+2. The average Bonchev–Trinajstić information content (AvgIpc) is 2.41. The fraction of sp³-hybridized carbons (Fsp3) is 1.00. The second kappa shape index (κ2) is 7.02. The standard InChI is InChI=1S/C15H32N2O2/c1-3-5-16(7-11-18-12-8-16)15-17(6-4-2)9-13-19-14-10-17/h3-15H2,1-2H3/q+2. The van der Waals surface area contributed by atoms with Gasteiger partial charge in [-0.05, 0) is 12.8 Å². The van der Waals surface area contributed by atoms with Crippen LogP contribution in [0.25, 0.3) is 0 Å². The largest absolute Gasteiger partial charge is 0.370 e. The minimum Gasteiger partial charge on any atom is -0.370 e. The Morgan fingerprint density at radius 3 is 1.37 bits per heavy atom. The Balaban J connectivity index is 2.07. The second-order valence-electron chi connectivity index (χ2n) is 6.39. The van der Waals surface area contributed by atoms with E-state index in [2.05, 4.69) is 13.8 Å². The van der Waals surface area contributed by atoms with E-state index in [0.717, 1.165) is 26.4 Å². The van der Waals surface area contributed by atoms with Crippen molar-refractivity contribution in [3.8, 4) is 0 Å². The van der Waals surface area contributed by atoms with Gasteiger partial charge in [-0.3, -0.25) is 8.97 Å². The van der Waals surface area contributed by atoms with Gasteiger partial charge >= 0.3 is 0 Å². The summed E-state index contributed by atoms with van der Waals surface area (Å²) in [4.78, 5) is 0. The normalized spacial score (nSPS) is 26.2. The summed E-state index contributed by atoms with van der Waals surface area (Å²) in [5.41, 5.74) is 0. The first kappa shape index (κ1) is 15.2. The number of nitrogens with zero attached hydrogens (tertiary/aromatic N) is 2. The molecular weight excluding hydrogens is 240 g/mol. The summed E-state index contributed by atoms with van der Waals surface area (Å²) in [5.74, 6) is 0. The van der Waals surface area contributed by atoms with Crippen LogP contribution in [-0.2, 0) is 9.47 Å². The van der Waals surface area contributed by atoms with E-state index in [4.69, 9.17) is 9.47 Å². The second-order valence-corrected chi connectivity index (χ2v) is 6.39. The fourth-order valence-corrected chi connectivity index (χ4v) is 3.92. The van der Waals surface area contributed by atoms with Crippen LogP contribution in [0.2, 0.25) is 0 Å². The van der Waals surface area contributed by atoms with Gasteiger partial charge in [0.1, 0.15) is 26.2 Å². The zero-order valence-corrected chi connectivity index (χ0v) is 12.9. The quantitative estimate of drug-likeness (QED) is 0.682. The predicted octanol–water partition coefficient (Wildman–Crippen LogP) is 1.46. The molecule has 0 aromatic heterocycles. The summed E-state index contributed by atoms with van der Waals surface area (Å²) < 4.78 is 13.8. The summed E-state index contributed by atoms with van der Waals surface area (Å²) >= 11 is 0. The Hall–Kier alpha value is -0.160. The Morgan fingerprint density at radius 2 is 1.05 bits per heavy atom. The van der Waals surface area contributed by atoms with E-state index in [1.54, 1.807) is 0 Å². The first-order valence-electron chi connectivity index (χ1n) is 8.10. The van der Waals surface area contributed by atoms with Crippen LogP contribution in [0.15, 0.2) is 0 Å². The van der Waals surface area contributed by atoms with Crippen molar-refractivity contribution in [3.05, 3.63) is 0 Å². The molecule has 0 amide bonds. The van der Waals surface area contributed by atoms with Crippen LogP contribution in [0.1, 0.15) is 26.7 Å². The topological polar surface area (TPSA) is 18.5 Å². The molecule has 0 bridgehead atoms. The molecule has 0 N–H and O–H groups in total. The molecule has 2 rings (SSSR count). The highest BCUT2D eigenvalue weighted by Crippen LogP contribution is 2.21. The Kier molecular flexibility index (Phi) is 5.63. The molecule has 0 spiro atoms. The lowest BCUT2D eigenvalue weighted by atomic mass is 10.2. The van der Waals surface area contributed by atoms with Gasteiger partial charge in [0, 0.05) is 0 Å². The van der Waals surface area contributed by atoms with Crippen molar-refractivity contribution in [2.75, 3.05) is 72.4 Å². The molecule has 4 heteroatoms. The van der Waals surface area contributed by atoms with Gasteiger partial charge in [0.05, 0.1) is 39.5 Å². The van der Waals surface area contributed by atoms with Crippen LogP contribution in [0.4, 0.5) is 0 Å². The van der Waals surface area contributed by atoms with Crippen molar-refractivity contribution < 1.29 is 18.4 Å². The van der Waals surface area contributed by atoms with Gasteiger partial charge in [0.25, 0.3) is 0 Å². The smallest absolute Gasteiger partial charge is 0.207 e. The monoisotopic (exact) mass is 272 g/mol. The molecule has 2 aliphatic rings. The Morgan fingerprint density at radius 1 is 0.684 bits per heavy atom. The lowest BCUT2D eigenvalue weighted by Crippen LogP contribution is -2.68. The molecule has 112 valence electrons. The van der Waals surface area contributed by atoms with E-state index in [1.807, 2.05) is 0 Å². The molecule has 2 fully saturated rings. The highest BCUT2D eigenvalue weighted by molar-refractivity contribution is 4.53. The maximum absolute atomic E-state index is 5.61. The van der Waals surface area contributed by atoms with Crippen LogP contribution in [0, 0.1) is 0 Å². The molecule has 0 aliphatic carbocycles. The van der Waals surface area contributed by atoms with Gasteiger partial charge in [0.2, 0.25) is 6.67 Å². The molecule has 2 heterocycles. The van der Waals surface area contributed by atoms with Crippen molar-refractivity contribution in [1.82, 2.24) is 0 Å². The fourth-order valence-electron chi connectivity index (χ4n) is 3.92. The van der Waals surface area contributed by atoms with Gasteiger partial charge in [-0.1, -0.05) is 13.8 Å². The number of rotatable bonds is 6. The maximum Gasteiger partial charge on any atom is 0.207 e. The van der Waals surface area contributed by atoms with Gasteiger partial charge < -0.3 is 9.47 Å². The van der Waals surface area contributed by atoms with Crippen LogP contribution in [-0.4, -0.2) is 81.3 Å². The highest BCUT2D eigenvalue weighted by atomic mass is 16.5. The molecule has 2 aliphatic heterocycles. The van der Waals surface area contributed by atoms with Gasteiger partial charge in [0.15, 0.2) is 0 Å². The third-order valence-corrected chi connectivity index (χ3v) is 4.84. The highest BCUT2D eigenvalue weighted by Gasteiger charge is 2.41. The summed E-state index contributed by atoms with van der Waals surface area (Å²) in [6.45, 7) is 17.2. The lowest BCUT2D eigenvalue weighted by Gasteiger charge is -2.49. The van der Waals surface area contributed by atoms with Crippen molar-refractivity contribution in [3.63, 3.8) is 0 Å². The van der Waals surface area contributed by atoms with E-state index < -0.39 is 0 Å². The van der Waals surface area contributed by atoms with Crippen LogP contribution >= 0.6 is 0 Å². The number of ether oxygens (including phenoxy) is 2. The van der Waals surface area contributed by atoms with Gasteiger partial charge in [-0.15, -0.1) is 0 Å². The summed E-state index contributed by atoms with van der Waals surface area (Å²) in [7, 11) is 0. The number of hydrogen-bond acceptors (Lipinski definition) is 2. The zero-order chi connectivity index (χ0) is 13.6. The van der Waals surface area contributed by atoms with E-state index in [0.29, 0.717) is 0 Å². The van der Waals surface area contributed by atoms with Crippen LogP contribution in [0.3, 0.4) is 0 Å². The van der Waals surface area contributed by atoms with Gasteiger partial charge in [-0.2, -0.15) is 0 Å². The van der Waals surface area contributed by atoms with Crippen LogP contribution < -0.4 is 0 Å². The third-order valence-electron chi connectivity index (χ3n) is 4.84. The van der Waals surface area contributed by atoms with Crippen molar-refractivity contribution in [2.45, 2.75) is 26.7 Å². The Bertz CT molecular complexity index is 222.